The van der Waals surface area contributed by atoms with Gasteiger partial charge < -0.3 is 14.5 Å². The standard InChI is InChI=1S/C18H20N2O6/c1-11(2)26-16(21)10-14(13-6-4-5-7-15(13)20(23)24)19-18(22)17-12(3)8-9-25-17/h4-9,11,14H,10H2,1-3H3,(H,19,22). The van der Waals surface area contributed by atoms with Crippen molar-refractivity contribution >= 4 is 17.6 Å². The Labute approximate surface area is 150 Å². The van der Waals surface area contributed by atoms with Gasteiger partial charge in [-0.15, -0.1) is 0 Å². The van der Waals surface area contributed by atoms with Crippen molar-refractivity contribution in [2.24, 2.45) is 0 Å². The molecular formula is C18H20N2O6. The van der Waals surface area contributed by atoms with Gasteiger partial charge in [0.1, 0.15) is 0 Å². The Kier molecular flexibility index (Phi) is 6.11. The molecule has 0 saturated heterocycles. The summed E-state index contributed by atoms with van der Waals surface area (Å²) in [6.07, 6.45) is 0.795. The number of nitrogens with one attached hydrogen (secondary N) is 1. The van der Waals surface area contributed by atoms with Crippen molar-refractivity contribution in [3.63, 3.8) is 0 Å². The molecule has 8 heteroatoms. The monoisotopic (exact) mass is 360 g/mol. The number of hydrogen-bond donors (Lipinski definition) is 1. The van der Waals surface area contributed by atoms with Crippen molar-refractivity contribution in [3.8, 4) is 0 Å². The van der Waals surface area contributed by atoms with E-state index in [-0.39, 0.29) is 29.5 Å². The van der Waals surface area contributed by atoms with E-state index in [9.17, 15) is 19.7 Å². The lowest BCUT2D eigenvalue weighted by Crippen LogP contribution is -2.31. The maximum absolute atomic E-state index is 12.5. The van der Waals surface area contributed by atoms with Gasteiger partial charge in [0, 0.05) is 11.6 Å². The molecule has 0 aliphatic rings. The third-order valence-corrected chi connectivity index (χ3v) is 3.62. The molecule has 0 saturated carbocycles. The van der Waals surface area contributed by atoms with Crippen LogP contribution in [0.3, 0.4) is 0 Å². The van der Waals surface area contributed by atoms with Gasteiger partial charge in [-0.05, 0) is 26.8 Å². The van der Waals surface area contributed by atoms with Crippen LogP contribution in [0.15, 0.2) is 41.0 Å². The number of nitrogens with zero attached hydrogens (tertiary/aromatic N) is 1. The molecule has 0 radical (unpaired) electrons. The Morgan fingerprint density at radius 2 is 1.96 bits per heavy atom. The predicted octanol–water partition coefficient (Wildman–Crippen LogP) is 3.31. The van der Waals surface area contributed by atoms with E-state index in [2.05, 4.69) is 5.32 Å². The summed E-state index contributed by atoms with van der Waals surface area (Å²) in [6.45, 7) is 5.09. The fraction of sp³-hybridized carbons (Fsp3) is 0.333. The maximum atomic E-state index is 12.5. The average molecular weight is 360 g/mol. The molecular weight excluding hydrogens is 340 g/mol. The molecule has 1 amide bonds. The summed E-state index contributed by atoms with van der Waals surface area (Å²) in [4.78, 5) is 35.3. The molecule has 8 nitrogen and oxygen atoms in total. The van der Waals surface area contributed by atoms with Crippen molar-refractivity contribution in [3.05, 3.63) is 63.6 Å². The van der Waals surface area contributed by atoms with E-state index >= 15 is 0 Å². The zero-order chi connectivity index (χ0) is 19.3. The first-order valence-electron chi connectivity index (χ1n) is 8.07. The molecule has 1 N–H and O–H groups in total. The quantitative estimate of drug-likeness (QED) is 0.460. The van der Waals surface area contributed by atoms with E-state index in [0.717, 1.165) is 0 Å². The van der Waals surface area contributed by atoms with Crippen LogP contribution in [0.1, 0.15) is 48.0 Å². The largest absolute Gasteiger partial charge is 0.463 e. The number of carbonyl (C=O) groups excluding carboxylic acids is 2. The highest BCUT2D eigenvalue weighted by atomic mass is 16.6. The highest BCUT2D eigenvalue weighted by Gasteiger charge is 2.28. The minimum Gasteiger partial charge on any atom is -0.463 e. The smallest absolute Gasteiger partial charge is 0.308 e. The highest BCUT2D eigenvalue weighted by molar-refractivity contribution is 5.93. The summed E-state index contributed by atoms with van der Waals surface area (Å²) < 4.78 is 10.3. The number of nitro groups is 1. The molecule has 2 rings (SSSR count). The molecule has 1 unspecified atom stereocenters. The molecule has 2 aromatic rings. The fourth-order valence-corrected chi connectivity index (χ4v) is 2.49. The SMILES string of the molecule is Cc1ccoc1C(=O)NC(CC(=O)OC(C)C)c1ccccc1[N+](=O)[O-]. The molecule has 1 aromatic heterocycles. The van der Waals surface area contributed by atoms with Crippen molar-refractivity contribution in [1.82, 2.24) is 5.32 Å². The van der Waals surface area contributed by atoms with Crippen LogP contribution < -0.4 is 5.32 Å². The van der Waals surface area contributed by atoms with Gasteiger partial charge in [0.25, 0.3) is 11.6 Å². The summed E-state index contributed by atoms with van der Waals surface area (Å²) in [5.74, 6) is -1.04. The van der Waals surface area contributed by atoms with Gasteiger partial charge in [-0.25, -0.2) is 0 Å². The number of nitro benzene ring substituents is 1. The molecule has 0 bridgehead atoms. The maximum Gasteiger partial charge on any atom is 0.308 e. The number of ether oxygens (including phenoxy) is 1. The van der Waals surface area contributed by atoms with Gasteiger partial charge in [0.2, 0.25) is 0 Å². The van der Waals surface area contributed by atoms with Crippen LogP contribution in [0.2, 0.25) is 0 Å². The predicted molar refractivity (Wildman–Crippen MR) is 92.6 cm³/mol. The summed E-state index contributed by atoms with van der Waals surface area (Å²) in [5.41, 5.74) is 0.649. The molecule has 0 aliphatic heterocycles. The van der Waals surface area contributed by atoms with E-state index in [1.807, 2.05) is 0 Å². The van der Waals surface area contributed by atoms with E-state index in [1.165, 1.54) is 24.5 Å². The molecule has 0 aliphatic carbocycles. The normalized spacial score (nSPS) is 11.8. The summed E-state index contributed by atoms with van der Waals surface area (Å²) >= 11 is 0. The number of benzene rings is 1. The van der Waals surface area contributed by atoms with Gasteiger partial charge in [-0.3, -0.25) is 19.7 Å². The molecule has 26 heavy (non-hydrogen) atoms. The Morgan fingerprint density at radius 3 is 2.54 bits per heavy atom. The first-order valence-corrected chi connectivity index (χ1v) is 8.07. The molecule has 138 valence electrons. The molecule has 1 atom stereocenters. The Balaban J connectivity index is 2.33. The first kappa shape index (κ1) is 19.2. The zero-order valence-electron chi connectivity index (χ0n) is 14.7. The minimum absolute atomic E-state index is 0.0887. The number of carbonyl (C=O) groups is 2. The molecule has 0 spiro atoms. The van der Waals surface area contributed by atoms with Crippen molar-refractivity contribution < 1.29 is 23.7 Å². The zero-order valence-corrected chi connectivity index (χ0v) is 14.7. The Hall–Kier alpha value is -3.16. The van der Waals surface area contributed by atoms with Crippen LogP contribution in [0.5, 0.6) is 0 Å². The van der Waals surface area contributed by atoms with Gasteiger partial charge >= 0.3 is 5.97 Å². The van der Waals surface area contributed by atoms with Crippen LogP contribution in [0.4, 0.5) is 5.69 Å². The molecule has 1 aromatic carbocycles. The van der Waals surface area contributed by atoms with Crippen molar-refractivity contribution in [2.45, 2.75) is 39.3 Å². The van der Waals surface area contributed by atoms with E-state index in [4.69, 9.17) is 9.15 Å². The topological polar surface area (TPSA) is 112 Å². The summed E-state index contributed by atoms with van der Waals surface area (Å²) in [7, 11) is 0. The van der Waals surface area contributed by atoms with E-state index < -0.39 is 22.8 Å². The number of rotatable bonds is 7. The third kappa shape index (κ3) is 4.69. The minimum atomic E-state index is -0.931. The number of esters is 1. The highest BCUT2D eigenvalue weighted by Crippen LogP contribution is 2.28. The van der Waals surface area contributed by atoms with Crippen LogP contribution >= 0.6 is 0 Å². The Bertz CT molecular complexity index is 812. The number of aryl methyl sites for hydroxylation is 1. The summed E-state index contributed by atoms with van der Waals surface area (Å²) in [6, 6.07) is 6.64. The number of hydrogen-bond acceptors (Lipinski definition) is 6. The lowest BCUT2D eigenvalue weighted by Gasteiger charge is -2.19. The second-order valence-corrected chi connectivity index (χ2v) is 6.02. The Morgan fingerprint density at radius 1 is 1.27 bits per heavy atom. The van der Waals surface area contributed by atoms with Crippen LogP contribution in [-0.2, 0) is 9.53 Å². The third-order valence-electron chi connectivity index (χ3n) is 3.62. The first-order chi connectivity index (χ1) is 12.3. The number of para-hydroxylation sites is 1. The lowest BCUT2D eigenvalue weighted by molar-refractivity contribution is -0.385. The van der Waals surface area contributed by atoms with Gasteiger partial charge in [0.15, 0.2) is 5.76 Å². The van der Waals surface area contributed by atoms with Gasteiger partial charge in [-0.1, -0.05) is 18.2 Å². The van der Waals surface area contributed by atoms with Crippen LogP contribution in [0.25, 0.3) is 0 Å². The van der Waals surface area contributed by atoms with Gasteiger partial charge in [0.05, 0.1) is 35.3 Å². The lowest BCUT2D eigenvalue weighted by atomic mass is 10.0. The second-order valence-electron chi connectivity index (χ2n) is 6.02. The molecule has 1 heterocycles. The second kappa shape index (κ2) is 8.28. The van der Waals surface area contributed by atoms with E-state index in [1.54, 1.807) is 32.9 Å². The van der Waals surface area contributed by atoms with Crippen LogP contribution in [0, 0.1) is 17.0 Å². The average Bonchev–Trinajstić information content (AvgIpc) is 2.99. The van der Waals surface area contributed by atoms with Crippen molar-refractivity contribution in [2.75, 3.05) is 0 Å². The summed E-state index contributed by atoms with van der Waals surface area (Å²) in [5, 5.41) is 14.0. The fourth-order valence-electron chi connectivity index (χ4n) is 2.49. The van der Waals surface area contributed by atoms with Crippen molar-refractivity contribution in [1.29, 1.82) is 0 Å². The van der Waals surface area contributed by atoms with Gasteiger partial charge in [-0.2, -0.15) is 0 Å². The number of amides is 1. The molecule has 0 fully saturated rings. The number of furan rings is 1. The van der Waals surface area contributed by atoms with E-state index in [0.29, 0.717) is 5.56 Å². The van der Waals surface area contributed by atoms with Crippen LogP contribution in [-0.4, -0.2) is 22.9 Å².